The summed E-state index contributed by atoms with van der Waals surface area (Å²) >= 11 is 0. The zero-order valence-corrected chi connectivity index (χ0v) is 16.5. The molecule has 0 spiro atoms. The van der Waals surface area contributed by atoms with Gasteiger partial charge in [-0.05, 0) is 38.0 Å². The minimum atomic E-state index is 0.00249. The highest BCUT2D eigenvalue weighted by Gasteiger charge is 2.32. The molecule has 1 unspecified atom stereocenters. The minimum absolute atomic E-state index is 0.00249. The molecule has 1 atom stereocenters. The van der Waals surface area contributed by atoms with Gasteiger partial charge in [-0.2, -0.15) is 5.10 Å². The molecule has 1 amide bonds. The smallest absolute Gasteiger partial charge is 0.259 e. The lowest BCUT2D eigenvalue weighted by atomic mass is 10.1. The predicted octanol–water partition coefficient (Wildman–Crippen LogP) is 4.71. The van der Waals surface area contributed by atoms with Gasteiger partial charge in [0.15, 0.2) is 5.65 Å². The molecule has 1 aliphatic rings. The van der Waals surface area contributed by atoms with Crippen LogP contribution in [0.1, 0.15) is 29.8 Å². The molecule has 0 radical (unpaired) electrons. The third-order valence-corrected chi connectivity index (χ3v) is 5.63. The Labute approximate surface area is 169 Å². The topological polar surface area (TPSA) is 51.0 Å². The van der Waals surface area contributed by atoms with Gasteiger partial charge in [-0.3, -0.25) is 4.79 Å². The average molecular weight is 382 g/mol. The first-order valence-electron chi connectivity index (χ1n) is 10.0. The lowest BCUT2D eigenvalue weighted by Gasteiger charge is -2.23. The molecule has 5 heteroatoms. The van der Waals surface area contributed by atoms with Gasteiger partial charge in [0.2, 0.25) is 0 Å². The van der Waals surface area contributed by atoms with E-state index in [1.165, 1.54) is 5.56 Å². The summed E-state index contributed by atoms with van der Waals surface area (Å²) in [5, 5.41) is 5.26. The number of para-hydroxylation sites is 1. The number of hydrogen-bond donors (Lipinski definition) is 0. The Balaban J connectivity index is 1.70. The highest BCUT2D eigenvalue weighted by Crippen LogP contribution is 2.35. The molecule has 0 bridgehead atoms. The Hall–Kier alpha value is -3.47. The van der Waals surface area contributed by atoms with Crippen molar-refractivity contribution in [3.63, 3.8) is 0 Å². The summed E-state index contributed by atoms with van der Waals surface area (Å²) in [4.78, 5) is 20.5. The number of rotatable bonds is 3. The van der Waals surface area contributed by atoms with Crippen LogP contribution in [-0.4, -0.2) is 26.7 Å². The van der Waals surface area contributed by atoms with E-state index in [4.69, 9.17) is 4.98 Å². The van der Waals surface area contributed by atoms with Crippen LogP contribution in [0.15, 0.2) is 66.9 Å². The van der Waals surface area contributed by atoms with Crippen molar-refractivity contribution in [3.8, 4) is 11.3 Å². The quantitative estimate of drug-likeness (QED) is 0.516. The van der Waals surface area contributed by atoms with Gasteiger partial charge in [-0.25, -0.2) is 9.67 Å². The number of fused-ring (bicyclic) bond motifs is 2. The van der Waals surface area contributed by atoms with E-state index >= 15 is 0 Å². The van der Waals surface area contributed by atoms with Crippen molar-refractivity contribution in [3.05, 3.63) is 78.0 Å². The Morgan fingerprint density at radius 3 is 2.66 bits per heavy atom. The highest BCUT2D eigenvalue weighted by molar-refractivity contribution is 6.14. The second-order valence-electron chi connectivity index (χ2n) is 7.48. The van der Waals surface area contributed by atoms with E-state index in [1.54, 1.807) is 6.20 Å². The van der Waals surface area contributed by atoms with E-state index in [-0.39, 0.29) is 11.9 Å². The summed E-state index contributed by atoms with van der Waals surface area (Å²) in [5.74, 6) is 0.00249. The summed E-state index contributed by atoms with van der Waals surface area (Å²) in [5.41, 5.74) is 5.39. The molecular formula is C24H22N4O. The molecule has 0 fully saturated rings. The van der Waals surface area contributed by atoms with E-state index < -0.39 is 0 Å². The second-order valence-corrected chi connectivity index (χ2v) is 7.48. The van der Waals surface area contributed by atoms with Gasteiger partial charge in [-0.1, -0.05) is 48.5 Å². The van der Waals surface area contributed by atoms with Crippen LogP contribution in [-0.2, 0) is 13.0 Å². The SMILES string of the molecule is CCn1ncc2c(C(=O)N3c4ccccc4CC3C)cc(-c3ccccc3)nc21. The standard InChI is InChI=1S/C24H22N4O/c1-3-27-23-20(15-25-27)19(14-21(26-23)17-9-5-4-6-10-17)24(29)28-16(2)13-18-11-7-8-12-22(18)28/h4-12,14-16H,3,13H2,1-2H3. The number of aromatic nitrogens is 3. The van der Waals surface area contributed by atoms with Crippen LogP contribution < -0.4 is 4.90 Å². The van der Waals surface area contributed by atoms with Crippen LogP contribution in [0.5, 0.6) is 0 Å². The van der Waals surface area contributed by atoms with Crippen LogP contribution in [0.25, 0.3) is 22.3 Å². The molecule has 0 N–H and O–H groups in total. The first-order chi connectivity index (χ1) is 14.2. The van der Waals surface area contributed by atoms with Gasteiger partial charge in [0.1, 0.15) is 0 Å². The zero-order valence-electron chi connectivity index (χ0n) is 16.5. The number of nitrogens with zero attached hydrogens (tertiary/aromatic N) is 4. The third-order valence-electron chi connectivity index (χ3n) is 5.63. The molecular weight excluding hydrogens is 360 g/mol. The zero-order chi connectivity index (χ0) is 20.0. The molecule has 29 heavy (non-hydrogen) atoms. The summed E-state index contributed by atoms with van der Waals surface area (Å²) in [6.45, 7) is 4.83. The summed E-state index contributed by atoms with van der Waals surface area (Å²) in [7, 11) is 0. The van der Waals surface area contributed by atoms with Crippen molar-refractivity contribution in [2.24, 2.45) is 0 Å². The van der Waals surface area contributed by atoms with Gasteiger partial charge in [-0.15, -0.1) is 0 Å². The summed E-state index contributed by atoms with van der Waals surface area (Å²) in [6.07, 6.45) is 2.64. The molecule has 3 heterocycles. The van der Waals surface area contributed by atoms with Crippen molar-refractivity contribution in [2.75, 3.05) is 4.90 Å². The maximum Gasteiger partial charge on any atom is 0.259 e. The number of benzene rings is 2. The largest absolute Gasteiger partial charge is 0.305 e. The summed E-state index contributed by atoms with van der Waals surface area (Å²) in [6, 6.07) is 20.2. The van der Waals surface area contributed by atoms with Crippen molar-refractivity contribution < 1.29 is 4.79 Å². The number of carbonyl (C=O) groups excluding carboxylic acids is 1. The van der Waals surface area contributed by atoms with Crippen LogP contribution >= 0.6 is 0 Å². The van der Waals surface area contributed by atoms with Crippen LogP contribution in [0, 0.1) is 0 Å². The molecule has 2 aromatic heterocycles. The van der Waals surface area contributed by atoms with Crippen LogP contribution in [0.4, 0.5) is 5.69 Å². The minimum Gasteiger partial charge on any atom is -0.305 e. The number of hydrogen-bond acceptors (Lipinski definition) is 3. The van der Waals surface area contributed by atoms with Gasteiger partial charge in [0.05, 0.1) is 22.8 Å². The molecule has 5 rings (SSSR count). The normalized spacial score (nSPS) is 15.7. The van der Waals surface area contributed by atoms with Crippen LogP contribution in [0.2, 0.25) is 0 Å². The van der Waals surface area contributed by atoms with Gasteiger partial charge >= 0.3 is 0 Å². The van der Waals surface area contributed by atoms with Gasteiger partial charge in [0, 0.05) is 23.8 Å². The third kappa shape index (κ3) is 2.81. The lowest BCUT2D eigenvalue weighted by Crippen LogP contribution is -2.35. The number of anilines is 1. The molecule has 0 saturated carbocycles. The highest BCUT2D eigenvalue weighted by atomic mass is 16.2. The maximum absolute atomic E-state index is 13.8. The molecule has 144 valence electrons. The van der Waals surface area contributed by atoms with E-state index in [0.717, 1.165) is 34.4 Å². The maximum atomic E-state index is 13.8. The van der Waals surface area contributed by atoms with Crippen molar-refractivity contribution in [1.29, 1.82) is 0 Å². The van der Waals surface area contributed by atoms with Gasteiger partial charge in [0.25, 0.3) is 5.91 Å². The van der Waals surface area contributed by atoms with Gasteiger partial charge < -0.3 is 4.90 Å². The molecule has 1 aliphatic heterocycles. The number of carbonyl (C=O) groups is 1. The number of pyridine rings is 1. The van der Waals surface area contributed by atoms with Crippen molar-refractivity contribution in [2.45, 2.75) is 32.9 Å². The van der Waals surface area contributed by atoms with Crippen LogP contribution in [0.3, 0.4) is 0 Å². The van der Waals surface area contributed by atoms with E-state index in [2.05, 4.69) is 18.1 Å². The predicted molar refractivity (Wildman–Crippen MR) is 115 cm³/mol. The first-order valence-corrected chi connectivity index (χ1v) is 10.0. The molecule has 2 aromatic carbocycles. The van der Waals surface area contributed by atoms with Crippen molar-refractivity contribution in [1.82, 2.24) is 14.8 Å². The molecule has 4 aromatic rings. The monoisotopic (exact) mass is 382 g/mol. The number of aryl methyl sites for hydroxylation is 1. The van der Waals surface area contributed by atoms with E-state index in [0.29, 0.717) is 12.1 Å². The Kier molecular flexibility index (Phi) is 4.16. The Morgan fingerprint density at radius 2 is 1.86 bits per heavy atom. The summed E-state index contributed by atoms with van der Waals surface area (Å²) < 4.78 is 1.85. The molecule has 5 nitrogen and oxygen atoms in total. The van der Waals surface area contributed by atoms with E-state index in [9.17, 15) is 4.79 Å². The second kappa shape index (κ2) is 6.85. The van der Waals surface area contributed by atoms with Crippen molar-refractivity contribution >= 4 is 22.6 Å². The lowest BCUT2D eigenvalue weighted by molar-refractivity contribution is 0.0983. The number of amides is 1. The van der Waals surface area contributed by atoms with E-state index in [1.807, 2.05) is 71.1 Å². The Bertz CT molecular complexity index is 1210. The fourth-order valence-electron chi connectivity index (χ4n) is 4.22. The molecule has 0 saturated heterocycles. The fourth-order valence-corrected chi connectivity index (χ4v) is 4.22. The fraction of sp³-hybridized carbons (Fsp3) is 0.208. The average Bonchev–Trinajstić information content (AvgIpc) is 3.32. The molecule has 0 aliphatic carbocycles. The first kappa shape index (κ1) is 17.6. The Morgan fingerprint density at radius 1 is 1.10 bits per heavy atom.